The monoisotopic (exact) mass is 475 g/mol. The van der Waals surface area contributed by atoms with Crippen molar-refractivity contribution >= 4 is 38.2 Å². The van der Waals surface area contributed by atoms with E-state index in [1.54, 1.807) is 7.05 Å². The SMILES string of the molecule is CN(C1CCCCC1)S(=O)(=O)c1ccc(C(=O)Nc2nc3c(s2)C(=O)CC(C)(C)C3)cc1. The van der Waals surface area contributed by atoms with Crippen LogP contribution in [0.5, 0.6) is 0 Å². The van der Waals surface area contributed by atoms with Gasteiger partial charge < -0.3 is 0 Å². The summed E-state index contributed by atoms with van der Waals surface area (Å²) in [5.74, 6) is -0.321. The van der Waals surface area contributed by atoms with E-state index in [4.69, 9.17) is 0 Å². The van der Waals surface area contributed by atoms with Gasteiger partial charge in [-0.1, -0.05) is 44.4 Å². The summed E-state index contributed by atoms with van der Waals surface area (Å²) in [5, 5.41) is 3.14. The molecule has 0 saturated heterocycles. The molecule has 1 heterocycles. The summed E-state index contributed by atoms with van der Waals surface area (Å²) in [6.07, 6.45) is 6.19. The average molecular weight is 476 g/mol. The zero-order valence-electron chi connectivity index (χ0n) is 18.7. The van der Waals surface area contributed by atoms with Gasteiger partial charge >= 0.3 is 0 Å². The molecule has 0 bridgehead atoms. The maximum atomic E-state index is 13.0. The van der Waals surface area contributed by atoms with Crippen LogP contribution in [-0.2, 0) is 16.4 Å². The number of fused-ring (bicyclic) bond motifs is 1. The van der Waals surface area contributed by atoms with Crippen LogP contribution < -0.4 is 5.32 Å². The third kappa shape index (κ3) is 4.65. The van der Waals surface area contributed by atoms with Crippen LogP contribution in [0.15, 0.2) is 29.2 Å². The molecular weight excluding hydrogens is 446 g/mol. The number of amides is 1. The second kappa shape index (κ2) is 8.68. The molecule has 0 aliphatic heterocycles. The number of aromatic nitrogens is 1. The Kier molecular flexibility index (Phi) is 6.26. The van der Waals surface area contributed by atoms with Gasteiger partial charge in [0.05, 0.1) is 15.5 Å². The Morgan fingerprint density at radius 3 is 2.44 bits per heavy atom. The van der Waals surface area contributed by atoms with Crippen molar-refractivity contribution in [1.29, 1.82) is 0 Å². The summed E-state index contributed by atoms with van der Waals surface area (Å²) in [4.78, 5) is 30.3. The van der Waals surface area contributed by atoms with Crippen LogP contribution in [-0.4, -0.2) is 42.5 Å². The molecule has 1 saturated carbocycles. The molecule has 1 aromatic carbocycles. The van der Waals surface area contributed by atoms with E-state index >= 15 is 0 Å². The minimum Gasteiger partial charge on any atom is -0.298 e. The van der Waals surface area contributed by atoms with Crippen LogP contribution in [0.25, 0.3) is 0 Å². The van der Waals surface area contributed by atoms with Crippen molar-refractivity contribution in [3.05, 3.63) is 40.4 Å². The maximum Gasteiger partial charge on any atom is 0.257 e. The van der Waals surface area contributed by atoms with Crippen molar-refractivity contribution in [3.63, 3.8) is 0 Å². The number of rotatable bonds is 5. The van der Waals surface area contributed by atoms with Gasteiger partial charge in [-0.25, -0.2) is 13.4 Å². The van der Waals surface area contributed by atoms with Gasteiger partial charge in [0.25, 0.3) is 5.91 Å². The molecule has 9 heteroatoms. The number of anilines is 1. The molecule has 1 amide bonds. The van der Waals surface area contributed by atoms with E-state index < -0.39 is 10.0 Å². The summed E-state index contributed by atoms with van der Waals surface area (Å²) >= 11 is 1.20. The number of hydrogen-bond acceptors (Lipinski definition) is 6. The molecule has 2 aliphatic carbocycles. The lowest BCUT2D eigenvalue weighted by Crippen LogP contribution is -2.38. The molecule has 32 heavy (non-hydrogen) atoms. The van der Waals surface area contributed by atoms with E-state index in [-0.39, 0.29) is 28.0 Å². The lowest BCUT2D eigenvalue weighted by Gasteiger charge is -2.30. The quantitative estimate of drug-likeness (QED) is 0.687. The van der Waals surface area contributed by atoms with Crippen LogP contribution in [0.1, 0.15) is 78.1 Å². The van der Waals surface area contributed by atoms with Gasteiger partial charge in [-0.05, 0) is 48.9 Å². The zero-order valence-corrected chi connectivity index (χ0v) is 20.3. The predicted octanol–water partition coefficient (Wildman–Crippen LogP) is 4.50. The van der Waals surface area contributed by atoms with Crippen molar-refractivity contribution in [2.45, 2.75) is 69.7 Å². The molecule has 7 nitrogen and oxygen atoms in total. The molecule has 172 valence electrons. The Hall–Kier alpha value is -2.10. The van der Waals surface area contributed by atoms with Gasteiger partial charge in [0.15, 0.2) is 10.9 Å². The largest absolute Gasteiger partial charge is 0.298 e. The molecule has 1 fully saturated rings. The summed E-state index contributed by atoms with van der Waals surface area (Å²) < 4.78 is 27.4. The Bertz CT molecular complexity index is 1130. The molecule has 0 unspecified atom stereocenters. The number of nitrogens with zero attached hydrogens (tertiary/aromatic N) is 2. The first-order chi connectivity index (χ1) is 15.1. The fourth-order valence-corrected chi connectivity index (χ4v) is 6.86. The van der Waals surface area contributed by atoms with Crippen LogP contribution in [0.2, 0.25) is 0 Å². The Balaban J connectivity index is 1.46. The molecule has 0 spiro atoms. The number of benzene rings is 1. The molecular formula is C23H29N3O4S2. The van der Waals surface area contributed by atoms with Crippen molar-refractivity contribution in [1.82, 2.24) is 9.29 Å². The van der Waals surface area contributed by atoms with E-state index in [2.05, 4.69) is 10.3 Å². The van der Waals surface area contributed by atoms with Gasteiger partial charge in [-0.3, -0.25) is 14.9 Å². The normalized spacial score (nSPS) is 19.1. The highest BCUT2D eigenvalue weighted by Gasteiger charge is 2.34. The summed E-state index contributed by atoms with van der Waals surface area (Å²) in [6, 6.07) is 6.00. The fourth-order valence-electron chi connectivity index (χ4n) is 4.53. The van der Waals surface area contributed by atoms with Crippen molar-refractivity contribution in [2.75, 3.05) is 12.4 Å². The second-order valence-electron chi connectivity index (χ2n) is 9.53. The number of hydrogen-bond donors (Lipinski definition) is 1. The minimum absolute atomic E-state index is 0.0281. The van der Waals surface area contributed by atoms with E-state index in [0.717, 1.165) is 37.8 Å². The van der Waals surface area contributed by atoms with Gasteiger partial charge in [0.1, 0.15) is 0 Å². The van der Waals surface area contributed by atoms with Gasteiger partial charge in [-0.15, -0.1) is 0 Å². The topological polar surface area (TPSA) is 96.4 Å². The summed E-state index contributed by atoms with van der Waals surface area (Å²) in [5.41, 5.74) is 0.939. The Morgan fingerprint density at radius 2 is 1.78 bits per heavy atom. The molecule has 0 radical (unpaired) electrons. The molecule has 1 N–H and O–H groups in total. The molecule has 2 aromatic rings. The summed E-state index contributed by atoms with van der Waals surface area (Å²) in [6.45, 7) is 4.07. The molecule has 1 aromatic heterocycles. The number of ketones is 1. The first kappa shape index (κ1) is 23.1. The van der Waals surface area contributed by atoms with Crippen molar-refractivity contribution < 1.29 is 18.0 Å². The zero-order chi connectivity index (χ0) is 23.1. The summed E-state index contributed by atoms with van der Waals surface area (Å²) in [7, 11) is -1.97. The van der Waals surface area contributed by atoms with Crippen LogP contribution in [0.3, 0.4) is 0 Å². The van der Waals surface area contributed by atoms with Crippen molar-refractivity contribution in [2.24, 2.45) is 5.41 Å². The highest BCUT2D eigenvalue weighted by atomic mass is 32.2. The molecule has 2 aliphatic rings. The van der Waals surface area contributed by atoms with Gasteiger partial charge in [0.2, 0.25) is 10.0 Å². The first-order valence-electron chi connectivity index (χ1n) is 11.0. The van der Waals surface area contributed by atoms with E-state index in [1.807, 2.05) is 13.8 Å². The Morgan fingerprint density at radius 1 is 1.12 bits per heavy atom. The number of carbonyl (C=O) groups is 2. The van der Waals surface area contributed by atoms with Crippen LogP contribution in [0, 0.1) is 5.41 Å². The number of nitrogens with one attached hydrogen (secondary N) is 1. The van der Waals surface area contributed by atoms with Gasteiger partial charge in [-0.2, -0.15) is 4.31 Å². The molecule has 0 atom stereocenters. The third-order valence-corrected chi connectivity index (χ3v) is 9.32. The van der Waals surface area contributed by atoms with E-state index in [1.165, 1.54) is 39.9 Å². The third-order valence-electron chi connectivity index (χ3n) is 6.34. The van der Waals surface area contributed by atoms with Crippen LogP contribution in [0.4, 0.5) is 5.13 Å². The number of sulfonamides is 1. The highest BCUT2D eigenvalue weighted by Crippen LogP contribution is 2.38. The smallest absolute Gasteiger partial charge is 0.257 e. The number of Topliss-reactive ketones (excluding diaryl/α,β-unsaturated/α-hetero) is 1. The van der Waals surface area contributed by atoms with Crippen molar-refractivity contribution in [3.8, 4) is 0 Å². The van der Waals surface area contributed by atoms with Gasteiger partial charge in [0, 0.05) is 25.1 Å². The van der Waals surface area contributed by atoms with E-state index in [9.17, 15) is 18.0 Å². The Labute approximate surface area is 193 Å². The highest BCUT2D eigenvalue weighted by molar-refractivity contribution is 7.89. The first-order valence-corrected chi connectivity index (χ1v) is 13.2. The second-order valence-corrected chi connectivity index (χ2v) is 12.5. The number of thiazole rings is 1. The fraction of sp³-hybridized carbons (Fsp3) is 0.522. The molecule has 4 rings (SSSR count). The average Bonchev–Trinajstić information content (AvgIpc) is 3.15. The van der Waals surface area contributed by atoms with E-state index in [0.29, 0.717) is 28.4 Å². The predicted molar refractivity (Wildman–Crippen MR) is 125 cm³/mol. The minimum atomic E-state index is -3.61. The lowest BCUT2D eigenvalue weighted by atomic mass is 9.78. The number of carbonyl (C=O) groups excluding carboxylic acids is 2. The lowest BCUT2D eigenvalue weighted by molar-refractivity contribution is 0.0915. The standard InChI is InChI=1S/C23H29N3O4S2/c1-23(2)13-18-20(19(27)14-23)31-22(24-18)25-21(28)15-9-11-17(12-10-15)32(29,30)26(3)16-7-5-4-6-8-16/h9-12,16H,4-8,13-14H2,1-3H3,(H,24,25,28). The van der Waals surface area contributed by atoms with Crippen LogP contribution >= 0.6 is 11.3 Å². The maximum absolute atomic E-state index is 13.0.